The van der Waals surface area contributed by atoms with Crippen molar-refractivity contribution in [3.63, 3.8) is 0 Å². The molecule has 0 aromatic carbocycles. The second-order valence-corrected chi connectivity index (χ2v) is 3.08. The molecule has 0 spiro atoms. The molecule has 2 heterocycles. The smallest absolute Gasteiger partial charge is 0.221 e. The van der Waals surface area contributed by atoms with Crippen LogP contribution in [0.4, 0.5) is 11.8 Å². The summed E-state index contributed by atoms with van der Waals surface area (Å²) in [4.78, 5) is 10.3. The molecule has 4 nitrogen and oxygen atoms in total. The van der Waals surface area contributed by atoms with Crippen LogP contribution in [0, 0.1) is 6.92 Å². The Labute approximate surface area is 71.4 Å². The second kappa shape index (κ2) is 2.62. The zero-order valence-corrected chi connectivity index (χ0v) is 7.12. The van der Waals surface area contributed by atoms with Crippen molar-refractivity contribution in [3.8, 4) is 0 Å². The monoisotopic (exact) mass is 164 g/mol. The van der Waals surface area contributed by atoms with E-state index in [4.69, 9.17) is 5.73 Å². The third-order valence-electron chi connectivity index (χ3n) is 2.12. The van der Waals surface area contributed by atoms with Crippen LogP contribution in [0.25, 0.3) is 0 Å². The fourth-order valence-electron chi connectivity index (χ4n) is 1.29. The minimum absolute atomic E-state index is 0.363. The number of nitrogens with two attached hydrogens (primary N) is 1. The van der Waals surface area contributed by atoms with E-state index in [9.17, 15) is 0 Å². The molecule has 2 N–H and O–H groups in total. The summed E-state index contributed by atoms with van der Waals surface area (Å²) in [6.07, 6.45) is 3.03. The molecule has 0 radical (unpaired) electrons. The first-order valence-corrected chi connectivity index (χ1v) is 4.11. The van der Waals surface area contributed by atoms with Gasteiger partial charge in [-0.25, -0.2) is 4.98 Å². The molecular weight excluding hydrogens is 152 g/mol. The summed E-state index contributed by atoms with van der Waals surface area (Å²) in [5, 5.41) is 0. The fraction of sp³-hybridized carbons (Fsp3) is 0.500. The van der Waals surface area contributed by atoms with Gasteiger partial charge in [0.2, 0.25) is 5.95 Å². The number of nitrogen functional groups attached to an aromatic ring is 1. The van der Waals surface area contributed by atoms with Crippen LogP contribution in [0.5, 0.6) is 0 Å². The standard InChI is InChI=1S/C8H12N4/c1-6-5-10-8(9)11-7(6)12-3-2-4-12/h5H,2-4H2,1H3,(H2,9,10,11). The van der Waals surface area contributed by atoms with Crippen molar-refractivity contribution in [1.29, 1.82) is 0 Å². The number of nitrogens with zero attached hydrogens (tertiary/aromatic N) is 3. The number of aromatic nitrogens is 2. The van der Waals surface area contributed by atoms with Gasteiger partial charge in [0, 0.05) is 24.8 Å². The van der Waals surface area contributed by atoms with Gasteiger partial charge in [-0.05, 0) is 13.3 Å². The molecule has 1 aromatic rings. The molecule has 1 aliphatic heterocycles. The van der Waals surface area contributed by atoms with Gasteiger partial charge in [-0.1, -0.05) is 0 Å². The van der Waals surface area contributed by atoms with E-state index in [0.29, 0.717) is 5.95 Å². The minimum Gasteiger partial charge on any atom is -0.368 e. The van der Waals surface area contributed by atoms with Crippen LogP contribution in [-0.4, -0.2) is 23.1 Å². The van der Waals surface area contributed by atoms with Gasteiger partial charge in [0.25, 0.3) is 0 Å². The van der Waals surface area contributed by atoms with E-state index >= 15 is 0 Å². The zero-order valence-electron chi connectivity index (χ0n) is 7.12. The Morgan fingerprint density at radius 2 is 2.25 bits per heavy atom. The Morgan fingerprint density at radius 1 is 1.50 bits per heavy atom. The predicted octanol–water partition coefficient (Wildman–Crippen LogP) is 0.577. The highest BCUT2D eigenvalue weighted by Gasteiger charge is 2.17. The summed E-state index contributed by atoms with van der Waals surface area (Å²) >= 11 is 0. The first-order chi connectivity index (χ1) is 5.77. The van der Waals surface area contributed by atoms with Gasteiger partial charge in [-0.2, -0.15) is 4.98 Å². The summed E-state index contributed by atoms with van der Waals surface area (Å²) in [6, 6.07) is 0. The van der Waals surface area contributed by atoms with E-state index in [1.54, 1.807) is 6.20 Å². The molecule has 4 heteroatoms. The maximum Gasteiger partial charge on any atom is 0.221 e. The summed E-state index contributed by atoms with van der Waals surface area (Å²) in [7, 11) is 0. The molecular formula is C8H12N4. The van der Waals surface area contributed by atoms with E-state index in [0.717, 1.165) is 24.5 Å². The molecule has 64 valence electrons. The molecule has 0 aliphatic carbocycles. The average molecular weight is 164 g/mol. The molecule has 1 aliphatic rings. The molecule has 1 aromatic heterocycles. The van der Waals surface area contributed by atoms with E-state index in [-0.39, 0.29) is 0 Å². The van der Waals surface area contributed by atoms with Gasteiger partial charge in [0.05, 0.1) is 0 Å². The molecule has 0 unspecified atom stereocenters. The first-order valence-electron chi connectivity index (χ1n) is 4.11. The van der Waals surface area contributed by atoms with Gasteiger partial charge in [0.15, 0.2) is 0 Å². The number of rotatable bonds is 1. The number of hydrogen-bond donors (Lipinski definition) is 1. The summed E-state index contributed by atoms with van der Waals surface area (Å²) in [5.74, 6) is 1.36. The van der Waals surface area contributed by atoms with Crippen molar-refractivity contribution in [2.75, 3.05) is 23.7 Å². The third-order valence-corrected chi connectivity index (χ3v) is 2.12. The number of anilines is 2. The highest BCUT2D eigenvalue weighted by Crippen LogP contribution is 2.21. The maximum atomic E-state index is 5.50. The lowest BCUT2D eigenvalue weighted by Gasteiger charge is -2.32. The van der Waals surface area contributed by atoms with Gasteiger partial charge in [-0.3, -0.25) is 0 Å². The summed E-state index contributed by atoms with van der Waals surface area (Å²) < 4.78 is 0. The molecule has 2 rings (SSSR count). The van der Waals surface area contributed by atoms with Crippen LogP contribution in [0.3, 0.4) is 0 Å². The average Bonchev–Trinajstić information content (AvgIpc) is 1.93. The minimum atomic E-state index is 0.363. The lowest BCUT2D eigenvalue weighted by atomic mass is 10.2. The van der Waals surface area contributed by atoms with Crippen molar-refractivity contribution < 1.29 is 0 Å². The first kappa shape index (κ1) is 7.34. The molecule has 0 saturated carbocycles. The van der Waals surface area contributed by atoms with Crippen LogP contribution in [-0.2, 0) is 0 Å². The normalized spacial score (nSPS) is 15.9. The number of hydrogen-bond acceptors (Lipinski definition) is 4. The van der Waals surface area contributed by atoms with Gasteiger partial charge in [0.1, 0.15) is 5.82 Å². The van der Waals surface area contributed by atoms with Crippen molar-refractivity contribution in [1.82, 2.24) is 9.97 Å². The quantitative estimate of drug-likeness (QED) is 0.659. The largest absolute Gasteiger partial charge is 0.368 e. The van der Waals surface area contributed by atoms with Gasteiger partial charge in [-0.15, -0.1) is 0 Å². The Bertz CT molecular complexity index is 293. The molecule has 0 bridgehead atoms. The molecule has 1 saturated heterocycles. The Hall–Kier alpha value is -1.32. The Balaban J connectivity index is 2.34. The van der Waals surface area contributed by atoms with E-state index in [2.05, 4.69) is 14.9 Å². The maximum absolute atomic E-state index is 5.50. The van der Waals surface area contributed by atoms with Gasteiger partial charge >= 0.3 is 0 Å². The highest BCUT2D eigenvalue weighted by atomic mass is 15.2. The summed E-state index contributed by atoms with van der Waals surface area (Å²) in [6.45, 7) is 4.20. The Kier molecular flexibility index (Phi) is 1.60. The number of aryl methyl sites for hydroxylation is 1. The third kappa shape index (κ3) is 1.09. The van der Waals surface area contributed by atoms with Crippen molar-refractivity contribution >= 4 is 11.8 Å². The van der Waals surface area contributed by atoms with Crippen LogP contribution in [0.2, 0.25) is 0 Å². The van der Waals surface area contributed by atoms with E-state index in [1.165, 1.54) is 6.42 Å². The topological polar surface area (TPSA) is 55.0 Å². The predicted molar refractivity (Wildman–Crippen MR) is 48.0 cm³/mol. The van der Waals surface area contributed by atoms with Crippen LogP contribution in [0.1, 0.15) is 12.0 Å². The summed E-state index contributed by atoms with van der Waals surface area (Å²) in [5.41, 5.74) is 6.60. The fourth-order valence-corrected chi connectivity index (χ4v) is 1.29. The molecule has 12 heavy (non-hydrogen) atoms. The van der Waals surface area contributed by atoms with Crippen LogP contribution >= 0.6 is 0 Å². The van der Waals surface area contributed by atoms with Crippen molar-refractivity contribution in [2.45, 2.75) is 13.3 Å². The highest BCUT2D eigenvalue weighted by molar-refractivity contribution is 5.49. The second-order valence-electron chi connectivity index (χ2n) is 3.08. The van der Waals surface area contributed by atoms with Gasteiger partial charge < -0.3 is 10.6 Å². The lowest BCUT2D eigenvalue weighted by molar-refractivity contribution is 0.607. The van der Waals surface area contributed by atoms with Crippen molar-refractivity contribution in [2.24, 2.45) is 0 Å². The van der Waals surface area contributed by atoms with Crippen LogP contribution in [0.15, 0.2) is 6.20 Å². The Morgan fingerprint density at radius 3 is 2.83 bits per heavy atom. The molecule has 0 amide bonds. The lowest BCUT2D eigenvalue weighted by Crippen LogP contribution is -2.38. The van der Waals surface area contributed by atoms with Crippen molar-refractivity contribution in [3.05, 3.63) is 11.8 Å². The van der Waals surface area contributed by atoms with E-state index < -0.39 is 0 Å². The SMILES string of the molecule is Cc1cnc(N)nc1N1CCC1. The van der Waals surface area contributed by atoms with E-state index in [1.807, 2.05) is 6.92 Å². The molecule has 1 fully saturated rings. The molecule has 0 atom stereocenters. The van der Waals surface area contributed by atoms with Crippen LogP contribution < -0.4 is 10.6 Å². The zero-order chi connectivity index (χ0) is 8.55.